The Balaban J connectivity index is 2.31. The van der Waals surface area contributed by atoms with Crippen molar-refractivity contribution in [1.29, 1.82) is 0 Å². The van der Waals surface area contributed by atoms with Crippen LogP contribution in [0.4, 0.5) is 0 Å². The first-order valence-electron chi connectivity index (χ1n) is 5.67. The van der Waals surface area contributed by atoms with Crippen LogP contribution >= 0.6 is 10.7 Å². The molecular formula is C14H9ClO3S. The summed E-state index contributed by atoms with van der Waals surface area (Å²) in [5, 5.41) is 0. The number of fused-ring (bicyclic) bond motifs is 2. The lowest BCUT2D eigenvalue weighted by atomic mass is 9.85. The van der Waals surface area contributed by atoms with Gasteiger partial charge >= 0.3 is 0 Å². The molecule has 1 aliphatic rings. The summed E-state index contributed by atoms with van der Waals surface area (Å²) in [6.07, 6.45) is 0.539. The molecule has 0 unspecified atom stereocenters. The predicted octanol–water partition coefficient (Wildman–Crippen LogP) is 2.75. The van der Waals surface area contributed by atoms with Crippen molar-refractivity contribution < 1.29 is 13.2 Å². The Bertz CT molecular complexity index is 794. The van der Waals surface area contributed by atoms with Crippen LogP contribution in [0.5, 0.6) is 0 Å². The predicted molar refractivity (Wildman–Crippen MR) is 72.2 cm³/mol. The Morgan fingerprint density at radius 1 is 0.947 bits per heavy atom. The van der Waals surface area contributed by atoms with Crippen molar-refractivity contribution in [3.05, 3.63) is 64.7 Å². The third kappa shape index (κ3) is 1.97. The quantitative estimate of drug-likeness (QED) is 0.648. The van der Waals surface area contributed by atoms with Gasteiger partial charge in [-0.2, -0.15) is 0 Å². The fraction of sp³-hybridized carbons (Fsp3) is 0.0714. The molecule has 96 valence electrons. The number of benzene rings is 2. The minimum absolute atomic E-state index is 0.105. The number of rotatable bonds is 1. The molecule has 19 heavy (non-hydrogen) atoms. The average molecular weight is 293 g/mol. The van der Waals surface area contributed by atoms with E-state index in [1.807, 2.05) is 12.1 Å². The fourth-order valence-corrected chi connectivity index (χ4v) is 3.52. The zero-order valence-corrected chi connectivity index (χ0v) is 11.3. The molecule has 1 aliphatic carbocycles. The Morgan fingerprint density at radius 3 is 2.37 bits per heavy atom. The summed E-state index contributed by atoms with van der Waals surface area (Å²) < 4.78 is 23.2. The second-order valence-corrected chi connectivity index (χ2v) is 6.93. The van der Waals surface area contributed by atoms with Crippen LogP contribution in [-0.2, 0) is 15.5 Å². The standard InChI is InChI=1S/C14H9ClO3S/c15-19(17,18)12-7-3-5-10-8-9-4-1-2-6-11(9)14(16)13(10)12/h1-7H,8H2. The molecule has 3 rings (SSSR count). The summed E-state index contributed by atoms with van der Waals surface area (Å²) in [6, 6.07) is 11.9. The van der Waals surface area contributed by atoms with Crippen molar-refractivity contribution in [3.63, 3.8) is 0 Å². The third-order valence-electron chi connectivity index (χ3n) is 3.25. The molecule has 0 radical (unpaired) electrons. The summed E-state index contributed by atoms with van der Waals surface area (Å²) in [7, 11) is 1.48. The summed E-state index contributed by atoms with van der Waals surface area (Å²) in [4.78, 5) is 12.3. The summed E-state index contributed by atoms with van der Waals surface area (Å²) in [5.74, 6) is -0.281. The van der Waals surface area contributed by atoms with Crippen molar-refractivity contribution in [2.45, 2.75) is 11.3 Å². The van der Waals surface area contributed by atoms with Gasteiger partial charge in [-0.15, -0.1) is 0 Å². The van der Waals surface area contributed by atoms with Crippen LogP contribution in [0.3, 0.4) is 0 Å². The van der Waals surface area contributed by atoms with Crippen molar-refractivity contribution >= 4 is 25.5 Å². The van der Waals surface area contributed by atoms with Crippen LogP contribution in [-0.4, -0.2) is 14.2 Å². The fourth-order valence-electron chi connectivity index (χ4n) is 2.42. The van der Waals surface area contributed by atoms with E-state index < -0.39 is 9.05 Å². The highest BCUT2D eigenvalue weighted by Crippen LogP contribution is 2.32. The molecule has 0 spiro atoms. The molecule has 2 aromatic carbocycles. The first-order valence-corrected chi connectivity index (χ1v) is 7.98. The molecule has 0 amide bonds. The van der Waals surface area contributed by atoms with Gasteiger partial charge in [0.25, 0.3) is 9.05 Å². The van der Waals surface area contributed by atoms with E-state index in [0.29, 0.717) is 17.5 Å². The zero-order valence-electron chi connectivity index (χ0n) is 9.76. The van der Waals surface area contributed by atoms with E-state index in [4.69, 9.17) is 10.7 Å². The van der Waals surface area contributed by atoms with Gasteiger partial charge < -0.3 is 0 Å². The Morgan fingerprint density at radius 2 is 1.63 bits per heavy atom. The van der Waals surface area contributed by atoms with Gasteiger partial charge in [0.05, 0.1) is 4.90 Å². The van der Waals surface area contributed by atoms with Gasteiger partial charge in [-0.05, 0) is 23.6 Å². The number of hydrogen-bond acceptors (Lipinski definition) is 3. The van der Waals surface area contributed by atoms with Gasteiger partial charge in [-0.25, -0.2) is 8.42 Å². The molecule has 0 saturated heterocycles. The second-order valence-electron chi connectivity index (χ2n) is 4.39. The maximum atomic E-state index is 12.5. The Kier molecular flexibility index (Phi) is 2.73. The number of hydrogen-bond donors (Lipinski definition) is 0. The molecule has 0 N–H and O–H groups in total. The van der Waals surface area contributed by atoms with Gasteiger partial charge in [0.2, 0.25) is 0 Å². The van der Waals surface area contributed by atoms with Crippen LogP contribution in [0.1, 0.15) is 27.0 Å². The number of ketones is 1. The molecule has 2 aromatic rings. The van der Waals surface area contributed by atoms with Crippen molar-refractivity contribution in [1.82, 2.24) is 0 Å². The van der Waals surface area contributed by atoms with E-state index in [0.717, 1.165) is 5.56 Å². The average Bonchev–Trinajstić information content (AvgIpc) is 2.37. The highest BCUT2D eigenvalue weighted by Gasteiger charge is 2.29. The Labute approximate surface area is 115 Å². The summed E-state index contributed by atoms with van der Waals surface area (Å²) in [6.45, 7) is 0. The van der Waals surface area contributed by atoms with Gasteiger partial charge in [-0.3, -0.25) is 4.79 Å². The van der Waals surface area contributed by atoms with Crippen LogP contribution in [0.2, 0.25) is 0 Å². The third-order valence-corrected chi connectivity index (χ3v) is 4.61. The smallest absolute Gasteiger partial charge is 0.262 e. The number of carbonyl (C=O) groups is 1. The minimum Gasteiger partial charge on any atom is -0.289 e. The highest BCUT2D eigenvalue weighted by atomic mass is 35.7. The van der Waals surface area contributed by atoms with Crippen LogP contribution < -0.4 is 0 Å². The highest BCUT2D eigenvalue weighted by molar-refractivity contribution is 8.13. The Hall–Kier alpha value is -1.65. The minimum atomic E-state index is -3.93. The van der Waals surface area contributed by atoms with E-state index in [-0.39, 0.29) is 16.2 Å². The van der Waals surface area contributed by atoms with E-state index >= 15 is 0 Å². The molecule has 5 heteroatoms. The first kappa shape index (κ1) is 12.4. The lowest BCUT2D eigenvalue weighted by molar-refractivity contribution is 0.103. The van der Waals surface area contributed by atoms with Crippen LogP contribution in [0.15, 0.2) is 47.4 Å². The monoisotopic (exact) mass is 292 g/mol. The lowest BCUT2D eigenvalue weighted by Gasteiger charge is -2.19. The summed E-state index contributed by atoms with van der Waals surface area (Å²) in [5.41, 5.74) is 2.36. The van der Waals surface area contributed by atoms with Gasteiger partial charge in [-0.1, -0.05) is 36.4 Å². The topological polar surface area (TPSA) is 51.2 Å². The molecule has 0 fully saturated rings. The first-order chi connectivity index (χ1) is 8.98. The van der Waals surface area contributed by atoms with Gasteiger partial charge in [0, 0.05) is 21.8 Å². The zero-order chi connectivity index (χ0) is 13.6. The molecule has 0 atom stereocenters. The van der Waals surface area contributed by atoms with E-state index in [9.17, 15) is 13.2 Å². The molecular weight excluding hydrogens is 284 g/mol. The van der Waals surface area contributed by atoms with Crippen molar-refractivity contribution in [2.75, 3.05) is 0 Å². The largest absolute Gasteiger partial charge is 0.289 e. The summed E-state index contributed by atoms with van der Waals surface area (Å²) >= 11 is 0. The van der Waals surface area contributed by atoms with Crippen LogP contribution in [0, 0.1) is 0 Å². The lowest BCUT2D eigenvalue weighted by Crippen LogP contribution is -2.17. The molecule has 0 aromatic heterocycles. The SMILES string of the molecule is O=C1c2ccccc2Cc2cccc(S(=O)(=O)Cl)c21. The van der Waals surface area contributed by atoms with Crippen molar-refractivity contribution in [3.8, 4) is 0 Å². The molecule has 0 aliphatic heterocycles. The molecule has 0 saturated carbocycles. The molecule has 0 heterocycles. The van der Waals surface area contributed by atoms with E-state index in [2.05, 4.69) is 0 Å². The van der Waals surface area contributed by atoms with Gasteiger partial charge in [0.15, 0.2) is 5.78 Å². The number of carbonyl (C=O) groups excluding carboxylic acids is 1. The maximum absolute atomic E-state index is 12.5. The maximum Gasteiger partial charge on any atom is 0.262 e. The van der Waals surface area contributed by atoms with Gasteiger partial charge in [0.1, 0.15) is 0 Å². The number of halogens is 1. The van der Waals surface area contributed by atoms with E-state index in [1.165, 1.54) is 6.07 Å². The van der Waals surface area contributed by atoms with E-state index in [1.54, 1.807) is 24.3 Å². The normalized spacial score (nSPS) is 13.8. The van der Waals surface area contributed by atoms with Crippen LogP contribution in [0.25, 0.3) is 0 Å². The molecule has 0 bridgehead atoms. The molecule has 3 nitrogen and oxygen atoms in total. The van der Waals surface area contributed by atoms with Crippen molar-refractivity contribution in [2.24, 2.45) is 0 Å². The second kappa shape index (κ2) is 4.18.